The minimum Gasteiger partial charge on any atom is -0.396 e. The smallest absolute Gasteiger partial charge is 0.0591 e. The summed E-state index contributed by atoms with van der Waals surface area (Å²) in [6.45, 7) is 8.55. The van der Waals surface area contributed by atoms with E-state index in [1.165, 1.54) is 12.8 Å². The molecule has 2 saturated carbocycles. The molecule has 2 aliphatic carbocycles. The average molecular weight is 312 g/mol. The Morgan fingerprint density at radius 1 is 1.23 bits per heavy atom. The predicted molar refractivity (Wildman–Crippen MR) is 89.5 cm³/mol. The highest BCUT2D eigenvalue weighted by Gasteiger charge is 2.53. The number of aliphatic hydroxyl groups is 3. The van der Waals surface area contributed by atoms with Gasteiger partial charge in [-0.05, 0) is 81.5 Å². The van der Waals surface area contributed by atoms with Crippen LogP contribution in [0.15, 0.2) is 0 Å². The van der Waals surface area contributed by atoms with Crippen LogP contribution in [0.5, 0.6) is 0 Å². The molecule has 0 unspecified atom stereocenters. The first-order chi connectivity index (χ1) is 10.2. The number of rotatable bonds is 6. The van der Waals surface area contributed by atoms with E-state index in [0.717, 1.165) is 32.1 Å². The molecule has 0 aromatic heterocycles. The second-order valence-corrected chi connectivity index (χ2v) is 8.91. The maximum atomic E-state index is 10.4. The van der Waals surface area contributed by atoms with Gasteiger partial charge in [-0.25, -0.2) is 0 Å². The van der Waals surface area contributed by atoms with E-state index in [9.17, 15) is 15.3 Å². The van der Waals surface area contributed by atoms with Gasteiger partial charge < -0.3 is 15.3 Å². The van der Waals surface area contributed by atoms with Crippen LogP contribution in [0.2, 0.25) is 0 Å². The minimum atomic E-state index is -0.656. The lowest BCUT2D eigenvalue weighted by molar-refractivity contribution is -0.0385. The highest BCUT2D eigenvalue weighted by molar-refractivity contribution is 5.02. The second-order valence-electron chi connectivity index (χ2n) is 8.91. The Labute approximate surface area is 136 Å². The van der Waals surface area contributed by atoms with Gasteiger partial charge in [0.05, 0.1) is 11.7 Å². The Hall–Kier alpha value is -0.120. The molecule has 0 heterocycles. The first-order valence-corrected chi connectivity index (χ1v) is 9.20. The van der Waals surface area contributed by atoms with Crippen molar-refractivity contribution in [3.8, 4) is 0 Å². The van der Waals surface area contributed by atoms with Crippen LogP contribution in [0.4, 0.5) is 0 Å². The predicted octanol–water partition coefficient (Wildman–Crippen LogP) is 3.36. The molecule has 22 heavy (non-hydrogen) atoms. The first-order valence-electron chi connectivity index (χ1n) is 9.20. The highest BCUT2D eigenvalue weighted by Crippen LogP contribution is 2.58. The fraction of sp³-hybridized carbons (Fsp3) is 1.00. The molecule has 0 saturated heterocycles. The average Bonchev–Trinajstić information content (AvgIpc) is 2.76. The van der Waals surface area contributed by atoms with Crippen LogP contribution in [-0.4, -0.2) is 33.6 Å². The molecule has 0 aromatic rings. The van der Waals surface area contributed by atoms with Crippen molar-refractivity contribution in [1.29, 1.82) is 0 Å². The summed E-state index contributed by atoms with van der Waals surface area (Å²) < 4.78 is 0. The van der Waals surface area contributed by atoms with Gasteiger partial charge >= 0.3 is 0 Å². The molecule has 0 aromatic carbocycles. The molecule has 2 rings (SSSR count). The van der Waals surface area contributed by atoms with Gasteiger partial charge in [-0.15, -0.1) is 0 Å². The number of fused-ring (bicyclic) bond motifs is 1. The second kappa shape index (κ2) is 6.78. The Balaban J connectivity index is 2.05. The number of hydrogen-bond acceptors (Lipinski definition) is 3. The van der Waals surface area contributed by atoms with Crippen molar-refractivity contribution in [2.45, 2.75) is 84.3 Å². The molecule has 0 aliphatic heterocycles. The first kappa shape index (κ1) is 18.2. The van der Waals surface area contributed by atoms with E-state index in [4.69, 9.17) is 0 Å². The molecular weight excluding hydrogens is 276 g/mol. The maximum absolute atomic E-state index is 10.4. The summed E-state index contributed by atoms with van der Waals surface area (Å²) in [6.07, 6.45) is 7.11. The highest BCUT2D eigenvalue weighted by atomic mass is 16.3. The molecule has 3 nitrogen and oxygen atoms in total. The third kappa shape index (κ3) is 3.68. The van der Waals surface area contributed by atoms with Gasteiger partial charge in [0.25, 0.3) is 0 Å². The van der Waals surface area contributed by atoms with Crippen LogP contribution in [-0.2, 0) is 0 Å². The third-order valence-electron chi connectivity index (χ3n) is 6.90. The van der Waals surface area contributed by atoms with E-state index in [1.54, 1.807) is 0 Å². The summed E-state index contributed by atoms with van der Waals surface area (Å²) in [7, 11) is 0. The van der Waals surface area contributed by atoms with Crippen LogP contribution in [0.1, 0.15) is 72.6 Å². The van der Waals surface area contributed by atoms with Gasteiger partial charge in [-0.2, -0.15) is 0 Å². The Morgan fingerprint density at radius 3 is 2.50 bits per heavy atom. The molecule has 0 radical (unpaired) electrons. The zero-order valence-corrected chi connectivity index (χ0v) is 14.9. The Bertz CT molecular complexity index is 362. The van der Waals surface area contributed by atoms with Gasteiger partial charge in [-0.1, -0.05) is 20.3 Å². The van der Waals surface area contributed by atoms with Crippen molar-refractivity contribution in [2.75, 3.05) is 6.61 Å². The quantitative estimate of drug-likeness (QED) is 0.705. The summed E-state index contributed by atoms with van der Waals surface area (Å²) >= 11 is 0. The van der Waals surface area contributed by atoms with E-state index < -0.39 is 5.60 Å². The van der Waals surface area contributed by atoms with E-state index in [0.29, 0.717) is 17.8 Å². The lowest BCUT2D eigenvalue weighted by Crippen LogP contribution is -2.43. The fourth-order valence-electron chi connectivity index (χ4n) is 5.44. The minimum absolute atomic E-state index is 0.125. The van der Waals surface area contributed by atoms with Crippen LogP contribution in [0, 0.1) is 29.1 Å². The van der Waals surface area contributed by atoms with Crippen LogP contribution in [0.3, 0.4) is 0 Å². The molecule has 2 aliphatic rings. The molecule has 3 heteroatoms. The van der Waals surface area contributed by atoms with E-state index >= 15 is 0 Å². The van der Waals surface area contributed by atoms with Crippen molar-refractivity contribution >= 4 is 0 Å². The van der Waals surface area contributed by atoms with Gasteiger partial charge in [0.1, 0.15) is 0 Å². The topological polar surface area (TPSA) is 60.7 Å². The van der Waals surface area contributed by atoms with Crippen molar-refractivity contribution in [2.24, 2.45) is 29.1 Å². The van der Waals surface area contributed by atoms with Crippen molar-refractivity contribution in [1.82, 2.24) is 0 Å². The van der Waals surface area contributed by atoms with E-state index in [1.807, 2.05) is 13.8 Å². The van der Waals surface area contributed by atoms with E-state index in [2.05, 4.69) is 13.8 Å². The summed E-state index contributed by atoms with van der Waals surface area (Å²) in [6, 6.07) is 0. The van der Waals surface area contributed by atoms with Crippen LogP contribution in [0.25, 0.3) is 0 Å². The van der Waals surface area contributed by atoms with Crippen molar-refractivity contribution in [3.63, 3.8) is 0 Å². The molecule has 6 atom stereocenters. The lowest BCUT2D eigenvalue weighted by Gasteiger charge is -2.46. The largest absolute Gasteiger partial charge is 0.396 e. The third-order valence-corrected chi connectivity index (χ3v) is 6.90. The summed E-state index contributed by atoms with van der Waals surface area (Å²) in [5.74, 6) is 1.74. The zero-order chi connectivity index (χ0) is 16.5. The molecule has 0 amide bonds. The molecular formula is C19H36O3. The monoisotopic (exact) mass is 312 g/mol. The van der Waals surface area contributed by atoms with E-state index in [-0.39, 0.29) is 24.0 Å². The lowest BCUT2D eigenvalue weighted by atomic mass is 9.60. The van der Waals surface area contributed by atoms with Gasteiger partial charge in [0, 0.05) is 6.61 Å². The summed E-state index contributed by atoms with van der Waals surface area (Å²) in [5, 5.41) is 30.2. The number of hydrogen-bond donors (Lipinski definition) is 3. The van der Waals surface area contributed by atoms with Gasteiger partial charge in [0.15, 0.2) is 0 Å². The SMILES string of the molecule is C[C@H]([C@@H](CO)CCC(C)(C)O)[C@H]1CC[C@H]2[C@@H](O)CCC[C@]12C. The Kier molecular flexibility index (Phi) is 5.62. The Morgan fingerprint density at radius 2 is 1.91 bits per heavy atom. The standard InChI is InChI=1S/C19H36O3/c1-13(14(12-20)9-11-18(2,3)22)15-7-8-16-17(21)6-5-10-19(15,16)4/h13-17,20-22H,5-12H2,1-4H3/t13-,14-,15-,16+,17+,19-/m1/s1. The van der Waals surface area contributed by atoms with Crippen molar-refractivity contribution in [3.05, 3.63) is 0 Å². The fourth-order valence-corrected chi connectivity index (χ4v) is 5.44. The molecule has 2 fully saturated rings. The van der Waals surface area contributed by atoms with Gasteiger partial charge in [0.2, 0.25) is 0 Å². The summed E-state index contributed by atoms with van der Waals surface area (Å²) in [5.41, 5.74) is -0.421. The molecule has 0 spiro atoms. The normalized spacial score (nSPS) is 38.6. The van der Waals surface area contributed by atoms with Crippen molar-refractivity contribution < 1.29 is 15.3 Å². The van der Waals surface area contributed by atoms with Crippen LogP contribution < -0.4 is 0 Å². The molecule has 0 bridgehead atoms. The van der Waals surface area contributed by atoms with Gasteiger partial charge in [-0.3, -0.25) is 0 Å². The molecule has 130 valence electrons. The summed E-state index contributed by atoms with van der Waals surface area (Å²) in [4.78, 5) is 0. The number of aliphatic hydroxyl groups excluding tert-OH is 2. The zero-order valence-electron chi connectivity index (χ0n) is 14.9. The molecule has 3 N–H and O–H groups in total. The van der Waals surface area contributed by atoms with Crippen LogP contribution >= 0.6 is 0 Å². The maximum Gasteiger partial charge on any atom is 0.0591 e.